The molecule has 0 aliphatic heterocycles. The number of anilines is 1. The maximum absolute atomic E-state index is 13.5. The number of halogens is 1. The van der Waals surface area contributed by atoms with Crippen LogP contribution >= 0.6 is 0 Å². The van der Waals surface area contributed by atoms with Gasteiger partial charge in [0.1, 0.15) is 5.82 Å². The maximum atomic E-state index is 13.5. The van der Waals surface area contributed by atoms with Crippen molar-refractivity contribution in [2.24, 2.45) is 0 Å². The van der Waals surface area contributed by atoms with Gasteiger partial charge in [0, 0.05) is 6.61 Å². The van der Waals surface area contributed by atoms with Crippen LogP contribution < -0.4 is 5.32 Å². The molecule has 1 amide bonds. The minimum atomic E-state index is -1.29. The van der Waals surface area contributed by atoms with Crippen LogP contribution in [0.2, 0.25) is 0 Å². The van der Waals surface area contributed by atoms with Crippen LogP contribution in [0.15, 0.2) is 18.2 Å². The zero-order chi connectivity index (χ0) is 14.3. The zero-order valence-electron chi connectivity index (χ0n) is 10.6. The molecular formula is C13H16FNO4. The van der Waals surface area contributed by atoms with Gasteiger partial charge in [0.25, 0.3) is 0 Å². The van der Waals surface area contributed by atoms with Gasteiger partial charge in [0.2, 0.25) is 5.91 Å². The summed E-state index contributed by atoms with van der Waals surface area (Å²) in [6.45, 7) is 2.71. The number of ether oxygens (including phenoxy) is 1. The van der Waals surface area contributed by atoms with Gasteiger partial charge in [-0.05, 0) is 18.6 Å². The molecule has 0 spiro atoms. The Morgan fingerprint density at radius 3 is 2.74 bits per heavy atom. The first-order chi connectivity index (χ1) is 9.06. The number of carbonyl (C=O) groups is 2. The topological polar surface area (TPSA) is 75.6 Å². The lowest BCUT2D eigenvalue weighted by Gasteiger charge is -2.09. The van der Waals surface area contributed by atoms with Gasteiger partial charge in [-0.3, -0.25) is 4.79 Å². The Labute approximate surface area is 110 Å². The predicted octanol–water partition coefficient (Wildman–Crippen LogP) is 2.28. The van der Waals surface area contributed by atoms with E-state index in [1.54, 1.807) is 0 Å². The summed E-state index contributed by atoms with van der Waals surface area (Å²) in [5.41, 5.74) is -0.585. The molecule has 0 aliphatic rings. The van der Waals surface area contributed by atoms with Crippen LogP contribution in [0.4, 0.5) is 10.1 Å². The molecule has 0 bridgehead atoms. The fraction of sp³-hybridized carbons (Fsp3) is 0.385. The van der Waals surface area contributed by atoms with Gasteiger partial charge in [-0.15, -0.1) is 0 Å². The largest absolute Gasteiger partial charge is 0.478 e. The van der Waals surface area contributed by atoms with Crippen molar-refractivity contribution in [1.82, 2.24) is 0 Å². The van der Waals surface area contributed by atoms with E-state index in [1.165, 1.54) is 12.1 Å². The highest BCUT2D eigenvalue weighted by molar-refractivity contribution is 6.00. The smallest absolute Gasteiger partial charge is 0.337 e. The third-order valence-electron chi connectivity index (χ3n) is 2.33. The van der Waals surface area contributed by atoms with Crippen molar-refractivity contribution < 1.29 is 23.8 Å². The Morgan fingerprint density at radius 2 is 2.11 bits per heavy atom. The number of benzene rings is 1. The SMILES string of the molecule is CCCOCCC(=O)Nc1c(F)cccc1C(=O)O. The van der Waals surface area contributed by atoms with Crippen LogP contribution in [0.5, 0.6) is 0 Å². The van der Waals surface area contributed by atoms with Gasteiger partial charge in [-0.25, -0.2) is 9.18 Å². The highest BCUT2D eigenvalue weighted by Gasteiger charge is 2.16. The van der Waals surface area contributed by atoms with Crippen LogP contribution in [0, 0.1) is 5.82 Å². The van der Waals surface area contributed by atoms with Crippen molar-refractivity contribution >= 4 is 17.6 Å². The second kappa shape index (κ2) is 7.48. The molecule has 1 aromatic carbocycles. The van der Waals surface area contributed by atoms with Crippen LogP contribution in [0.25, 0.3) is 0 Å². The van der Waals surface area contributed by atoms with Gasteiger partial charge in [0.05, 0.1) is 24.3 Å². The van der Waals surface area contributed by atoms with E-state index in [-0.39, 0.29) is 24.3 Å². The number of carbonyl (C=O) groups excluding carboxylic acids is 1. The van der Waals surface area contributed by atoms with Crippen molar-refractivity contribution in [2.75, 3.05) is 18.5 Å². The van der Waals surface area contributed by atoms with Crippen molar-refractivity contribution in [3.8, 4) is 0 Å². The molecule has 0 unspecified atom stereocenters. The van der Waals surface area contributed by atoms with Crippen molar-refractivity contribution in [1.29, 1.82) is 0 Å². The lowest BCUT2D eigenvalue weighted by molar-refractivity contribution is -0.117. The van der Waals surface area contributed by atoms with E-state index >= 15 is 0 Å². The Balaban J connectivity index is 2.66. The molecule has 0 saturated carbocycles. The number of carboxylic acid groups (broad SMARTS) is 1. The standard InChI is InChI=1S/C13H16FNO4/c1-2-7-19-8-6-11(16)15-12-9(13(17)18)4-3-5-10(12)14/h3-5H,2,6-8H2,1H3,(H,15,16)(H,17,18). The van der Waals surface area contributed by atoms with Gasteiger partial charge in [-0.2, -0.15) is 0 Å². The van der Waals surface area contributed by atoms with Crippen molar-refractivity contribution in [2.45, 2.75) is 19.8 Å². The molecule has 104 valence electrons. The first-order valence-electron chi connectivity index (χ1n) is 5.95. The van der Waals surface area contributed by atoms with Crippen LogP contribution in [-0.2, 0) is 9.53 Å². The molecule has 0 aliphatic carbocycles. The van der Waals surface area contributed by atoms with E-state index in [0.717, 1.165) is 12.5 Å². The Kier molecular flexibility index (Phi) is 5.95. The van der Waals surface area contributed by atoms with Crippen LogP contribution in [0.3, 0.4) is 0 Å². The molecule has 0 fully saturated rings. The summed E-state index contributed by atoms with van der Waals surface area (Å²) in [6, 6.07) is 3.60. The van der Waals surface area contributed by atoms with Crippen molar-refractivity contribution in [3.05, 3.63) is 29.6 Å². The maximum Gasteiger partial charge on any atom is 0.337 e. The highest BCUT2D eigenvalue weighted by atomic mass is 19.1. The first kappa shape index (κ1) is 15.1. The summed E-state index contributed by atoms with van der Waals surface area (Å²) in [5, 5.41) is 11.2. The predicted molar refractivity (Wildman–Crippen MR) is 67.7 cm³/mol. The van der Waals surface area contributed by atoms with E-state index in [4.69, 9.17) is 9.84 Å². The quantitative estimate of drug-likeness (QED) is 0.744. The molecule has 0 heterocycles. The number of carboxylic acids is 1. The second-order valence-corrected chi connectivity index (χ2v) is 3.88. The summed E-state index contributed by atoms with van der Waals surface area (Å²) in [5.74, 6) is -2.55. The fourth-order valence-electron chi connectivity index (χ4n) is 1.44. The van der Waals surface area contributed by atoms with E-state index in [2.05, 4.69) is 5.32 Å². The molecule has 19 heavy (non-hydrogen) atoms. The lowest BCUT2D eigenvalue weighted by Crippen LogP contribution is -2.17. The molecule has 0 radical (unpaired) electrons. The molecular weight excluding hydrogens is 253 g/mol. The minimum absolute atomic E-state index is 0.0490. The summed E-state index contributed by atoms with van der Waals surface area (Å²) in [6.07, 6.45) is 0.894. The molecule has 0 saturated heterocycles. The number of aromatic carboxylic acids is 1. The average Bonchev–Trinajstić information content (AvgIpc) is 2.37. The third kappa shape index (κ3) is 4.67. The minimum Gasteiger partial charge on any atom is -0.478 e. The Morgan fingerprint density at radius 1 is 1.37 bits per heavy atom. The normalized spacial score (nSPS) is 10.2. The van der Waals surface area contributed by atoms with Gasteiger partial charge >= 0.3 is 5.97 Å². The summed E-state index contributed by atoms with van der Waals surface area (Å²) < 4.78 is 18.6. The van der Waals surface area contributed by atoms with Gasteiger partial charge in [-0.1, -0.05) is 13.0 Å². The molecule has 0 atom stereocenters. The first-order valence-corrected chi connectivity index (χ1v) is 5.95. The second-order valence-electron chi connectivity index (χ2n) is 3.88. The number of nitrogens with one attached hydrogen (secondary N) is 1. The average molecular weight is 269 g/mol. The van der Waals surface area contributed by atoms with Gasteiger partial charge in [0.15, 0.2) is 0 Å². The number of amides is 1. The monoisotopic (exact) mass is 269 g/mol. The number of para-hydroxylation sites is 1. The molecule has 0 aromatic heterocycles. The van der Waals surface area contributed by atoms with Gasteiger partial charge < -0.3 is 15.2 Å². The summed E-state index contributed by atoms with van der Waals surface area (Å²) in [7, 11) is 0. The third-order valence-corrected chi connectivity index (χ3v) is 2.33. The Bertz CT molecular complexity index is 462. The molecule has 2 N–H and O–H groups in total. The molecule has 1 aromatic rings. The lowest BCUT2D eigenvalue weighted by atomic mass is 10.1. The van der Waals surface area contributed by atoms with E-state index in [0.29, 0.717) is 6.61 Å². The molecule has 1 rings (SSSR count). The highest BCUT2D eigenvalue weighted by Crippen LogP contribution is 2.20. The summed E-state index contributed by atoms with van der Waals surface area (Å²) in [4.78, 5) is 22.5. The Hall–Kier alpha value is -1.95. The molecule has 5 nitrogen and oxygen atoms in total. The fourth-order valence-corrected chi connectivity index (χ4v) is 1.44. The van der Waals surface area contributed by atoms with E-state index in [1.807, 2.05) is 6.92 Å². The summed E-state index contributed by atoms with van der Waals surface area (Å²) >= 11 is 0. The zero-order valence-corrected chi connectivity index (χ0v) is 10.6. The number of hydrogen-bond donors (Lipinski definition) is 2. The number of rotatable bonds is 7. The molecule has 6 heteroatoms. The van der Waals surface area contributed by atoms with Crippen molar-refractivity contribution in [3.63, 3.8) is 0 Å². The van der Waals surface area contributed by atoms with Crippen LogP contribution in [0.1, 0.15) is 30.1 Å². The van der Waals surface area contributed by atoms with E-state index in [9.17, 15) is 14.0 Å². The van der Waals surface area contributed by atoms with E-state index < -0.39 is 17.7 Å². The van der Waals surface area contributed by atoms with Crippen LogP contribution in [-0.4, -0.2) is 30.2 Å². The number of hydrogen-bond acceptors (Lipinski definition) is 3.